The van der Waals surface area contributed by atoms with Crippen molar-refractivity contribution in [3.63, 3.8) is 0 Å². The molecule has 4 rings (SSSR count). The van der Waals surface area contributed by atoms with Crippen molar-refractivity contribution in [2.24, 2.45) is 0 Å². The lowest BCUT2D eigenvalue weighted by Crippen LogP contribution is -2.42. The predicted octanol–water partition coefficient (Wildman–Crippen LogP) is 1.55. The molecular formula is C18H22N8O. The Labute approximate surface area is 157 Å². The lowest BCUT2D eigenvalue weighted by atomic mass is 9.82. The van der Waals surface area contributed by atoms with Crippen LogP contribution in [0.15, 0.2) is 18.5 Å². The van der Waals surface area contributed by atoms with Crippen molar-refractivity contribution >= 4 is 17.3 Å². The first-order chi connectivity index (χ1) is 13.3. The summed E-state index contributed by atoms with van der Waals surface area (Å²) < 4.78 is 5.77. The molecule has 2 aromatic rings. The van der Waals surface area contributed by atoms with Crippen LogP contribution < -0.4 is 16.0 Å². The second-order valence-electron chi connectivity index (χ2n) is 6.76. The first-order valence-corrected chi connectivity index (χ1v) is 9.25. The Morgan fingerprint density at radius 3 is 2.81 bits per heavy atom. The Hall–Kier alpha value is -2.83. The quantitative estimate of drug-likeness (QED) is 0.699. The summed E-state index contributed by atoms with van der Waals surface area (Å²) in [5.74, 6) is 1.57. The van der Waals surface area contributed by atoms with Crippen molar-refractivity contribution in [1.29, 1.82) is 5.26 Å². The van der Waals surface area contributed by atoms with E-state index in [1.807, 2.05) is 12.1 Å². The number of hydrogen-bond donors (Lipinski definition) is 3. The van der Waals surface area contributed by atoms with Crippen LogP contribution in [0.1, 0.15) is 36.6 Å². The molecule has 9 nitrogen and oxygen atoms in total. The number of nitriles is 1. The predicted molar refractivity (Wildman–Crippen MR) is 99.8 cm³/mol. The molecule has 27 heavy (non-hydrogen) atoms. The van der Waals surface area contributed by atoms with Crippen LogP contribution in [0.3, 0.4) is 0 Å². The van der Waals surface area contributed by atoms with Crippen LogP contribution in [0.5, 0.6) is 0 Å². The molecule has 1 unspecified atom stereocenters. The maximum absolute atomic E-state index is 8.81. The summed E-state index contributed by atoms with van der Waals surface area (Å²) in [6.07, 6.45) is 6.61. The van der Waals surface area contributed by atoms with Crippen LogP contribution in [-0.2, 0) is 4.74 Å². The van der Waals surface area contributed by atoms with E-state index in [0.717, 1.165) is 43.9 Å². The molecule has 1 atom stereocenters. The summed E-state index contributed by atoms with van der Waals surface area (Å²) in [6, 6.07) is 3.91. The van der Waals surface area contributed by atoms with Crippen molar-refractivity contribution in [3.05, 3.63) is 29.8 Å². The van der Waals surface area contributed by atoms with Gasteiger partial charge >= 0.3 is 0 Å². The van der Waals surface area contributed by atoms with E-state index in [0.29, 0.717) is 24.1 Å². The van der Waals surface area contributed by atoms with Gasteiger partial charge in [0.25, 0.3) is 0 Å². The van der Waals surface area contributed by atoms with Crippen LogP contribution in [0.25, 0.3) is 0 Å². The van der Waals surface area contributed by atoms with E-state index in [2.05, 4.69) is 36.1 Å². The molecular weight excluding hydrogens is 344 g/mol. The number of nitrogens with zero attached hydrogens (tertiary/aromatic N) is 5. The fraction of sp³-hybridized carbons (Fsp3) is 0.500. The van der Waals surface area contributed by atoms with Gasteiger partial charge < -0.3 is 20.7 Å². The van der Waals surface area contributed by atoms with Gasteiger partial charge in [-0.1, -0.05) is 6.42 Å². The average molecular weight is 366 g/mol. The molecule has 1 saturated carbocycles. The summed E-state index contributed by atoms with van der Waals surface area (Å²) >= 11 is 0. The zero-order chi connectivity index (χ0) is 18.5. The third-order valence-electron chi connectivity index (χ3n) is 4.86. The molecule has 0 aromatic carbocycles. The van der Waals surface area contributed by atoms with Crippen LogP contribution >= 0.6 is 0 Å². The molecule has 2 aliphatic rings. The van der Waals surface area contributed by atoms with E-state index in [1.165, 1.54) is 18.8 Å². The van der Waals surface area contributed by atoms with Gasteiger partial charge in [-0.2, -0.15) is 10.4 Å². The number of nitrogens with one attached hydrogen (secondary N) is 3. The minimum Gasteiger partial charge on any atom is -0.381 e. The van der Waals surface area contributed by atoms with E-state index in [4.69, 9.17) is 10.00 Å². The molecule has 0 radical (unpaired) electrons. The third kappa shape index (κ3) is 4.30. The van der Waals surface area contributed by atoms with E-state index in [1.54, 1.807) is 0 Å². The van der Waals surface area contributed by atoms with Gasteiger partial charge in [0.2, 0.25) is 0 Å². The lowest BCUT2D eigenvalue weighted by Gasteiger charge is -2.28. The molecule has 3 heterocycles. The van der Waals surface area contributed by atoms with Gasteiger partial charge in [-0.15, -0.1) is 5.10 Å². The Morgan fingerprint density at radius 2 is 2.15 bits per heavy atom. The number of anilines is 3. The molecule has 2 aromatic heterocycles. The molecule has 3 N–H and O–H groups in total. The monoisotopic (exact) mass is 366 g/mol. The number of aromatic nitrogens is 4. The van der Waals surface area contributed by atoms with Crippen molar-refractivity contribution in [1.82, 2.24) is 25.5 Å². The Bertz CT molecular complexity index is 809. The summed E-state index contributed by atoms with van der Waals surface area (Å²) in [4.78, 5) is 8.17. The topological polar surface area (TPSA) is 121 Å². The van der Waals surface area contributed by atoms with Crippen molar-refractivity contribution in [2.75, 3.05) is 36.9 Å². The maximum atomic E-state index is 8.81. The number of morpholine rings is 1. The molecule has 0 amide bonds. The minimum absolute atomic E-state index is 0.141. The van der Waals surface area contributed by atoms with Gasteiger partial charge in [0.15, 0.2) is 11.5 Å². The first-order valence-electron chi connectivity index (χ1n) is 9.25. The van der Waals surface area contributed by atoms with Crippen molar-refractivity contribution < 1.29 is 4.74 Å². The minimum atomic E-state index is 0.141. The molecule has 140 valence electrons. The van der Waals surface area contributed by atoms with Gasteiger partial charge in [0.05, 0.1) is 36.5 Å². The molecule has 2 fully saturated rings. The highest BCUT2D eigenvalue weighted by Crippen LogP contribution is 2.39. The normalized spacial score (nSPS) is 19.7. The van der Waals surface area contributed by atoms with Gasteiger partial charge in [-0.05, 0) is 12.8 Å². The molecule has 0 spiro atoms. The van der Waals surface area contributed by atoms with E-state index >= 15 is 0 Å². The Balaban J connectivity index is 1.49. The Kier molecular flexibility index (Phi) is 5.37. The van der Waals surface area contributed by atoms with Gasteiger partial charge in [0.1, 0.15) is 11.9 Å². The van der Waals surface area contributed by atoms with Gasteiger partial charge in [0, 0.05) is 31.6 Å². The number of hydrogen-bond acceptors (Lipinski definition) is 9. The summed E-state index contributed by atoms with van der Waals surface area (Å²) in [5, 5.41) is 27.5. The highest BCUT2D eigenvalue weighted by molar-refractivity contribution is 5.60. The molecule has 1 aliphatic carbocycles. The van der Waals surface area contributed by atoms with Crippen LogP contribution in [0, 0.1) is 11.3 Å². The lowest BCUT2D eigenvalue weighted by molar-refractivity contribution is 0.0372. The summed E-state index contributed by atoms with van der Waals surface area (Å²) in [7, 11) is 0. The first kappa shape index (κ1) is 17.6. The second kappa shape index (κ2) is 8.24. The molecule has 9 heteroatoms. The standard InChI is InChI=1S/C18H22N8O/c19-7-13-8-23-17(11-21-13)24-16-6-15(18(26-25-16)12-2-1-3-12)22-10-14-9-20-4-5-27-14/h6,8,11-12,14,20H,1-5,9-10H2,(H2,22,23,24,25). The Morgan fingerprint density at radius 1 is 1.22 bits per heavy atom. The SMILES string of the molecule is N#Cc1cnc(Nc2cc(NCC3CNCCO3)c(C3CCC3)nn2)cn1. The zero-order valence-corrected chi connectivity index (χ0v) is 15.0. The highest BCUT2D eigenvalue weighted by Gasteiger charge is 2.25. The van der Waals surface area contributed by atoms with E-state index in [-0.39, 0.29) is 11.8 Å². The van der Waals surface area contributed by atoms with Gasteiger partial charge in [-0.3, -0.25) is 0 Å². The second-order valence-corrected chi connectivity index (χ2v) is 6.76. The van der Waals surface area contributed by atoms with Crippen molar-refractivity contribution in [3.8, 4) is 6.07 Å². The fourth-order valence-electron chi connectivity index (χ4n) is 3.14. The van der Waals surface area contributed by atoms with Crippen LogP contribution in [-0.4, -0.2) is 52.5 Å². The average Bonchev–Trinajstić information content (AvgIpc) is 2.68. The van der Waals surface area contributed by atoms with Crippen molar-refractivity contribution in [2.45, 2.75) is 31.3 Å². The molecule has 1 aliphatic heterocycles. The molecule has 1 saturated heterocycles. The highest BCUT2D eigenvalue weighted by atomic mass is 16.5. The smallest absolute Gasteiger partial charge is 0.158 e. The van der Waals surface area contributed by atoms with Crippen LogP contribution in [0.4, 0.5) is 17.3 Å². The fourth-order valence-corrected chi connectivity index (χ4v) is 3.14. The number of rotatable bonds is 6. The molecule has 0 bridgehead atoms. The largest absolute Gasteiger partial charge is 0.381 e. The van der Waals surface area contributed by atoms with E-state index in [9.17, 15) is 0 Å². The van der Waals surface area contributed by atoms with E-state index < -0.39 is 0 Å². The zero-order valence-electron chi connectivity index (χ0n) is 15.0. The third-order valence-corrected chi connectivity index (χ3v) is 4.86. The summed E-state index contributed by atoms with van der Waals surface area (Å²) in [6.45, 7) is 3.20. The maximum Gasteiger partial charge on any atom is 0.158 e. The van der Waals surface area contributed by atoms with Gasteiger partial charge in [-0.25, -0.2) is 9.97 Å². The van der Waals surface area contributed by atoms with Crippen LogP contribution in [0.2, 0.25) is 0 Å². The summed E-state index contributed by atoms with van der Waals surface area (Å²) in [5.41, 5.74) is 2.27. The number of ether oxygens (including phenoxy) is 1.